The van der Waals surface area contributed by atoms with Gasteiger partial charge < -0.3 is 4.90 Å². The fourth-order valence-corrected chi connectivity index (χ4v) is 2.80. The quantitative estimate of drug-likeness (QED) is 0.817. The molecule has 1 atom stereocenters. The molecule has 1 aromatic heterocycles. The summed E-state index contributed by atoms with van der Waals surface area (Å²) >= 11 is 0. The van der Waals surface area contributed by atoms with Crippen LogP contribution >= 0.6 is 0 Å². The van der Waals surface area contributed by atoms with E-state index in [2.05, 4.69) is 9.97 Å². The summed E-state index contributed by atoms with van der Waals surface area (Å²) in [5.74, 6) is 0.383. The van der Waals surface area contributed by atoms with Crippen LogP contribution in [0.25, 0.3) is 6.08 Å². The van der Waals surface area contributed by atoms with Gasteiger partial charge >= 0.3 is 0 Å². The molecule has 4 nitrogen and oxygen atoms in total. The number of hydrogen-bond acceptors (Lipinski definition) is 3. The van der Waals surface area contributed by atoms with Crippen LogP contribution in [0.15, 0.2) is 55.0 Å². The second-order valence-corrected chi connectivity index (χ2v) is 5.50. The van der Waals surface area contributed by atoms with Gasteiger partial charge in [-0.15, -0.1) is 0 Å². The van der Waals surface area contributed by atoms with Gasteiger partial charge in [0, 0.05) is 37.0 Å². The van der Waals surface area contributed by atoms with E-state index in [9.17, 15) is 4.79 Å². The van der Waals surface area contributed by atoms with Gasteiger partial charge in [0.2, 0.25) is 5.91 Å². The van der Waals surface area contributed by atoms with Gasteiger partial charge in [-0.05, 0) is 30.5 Å². The maximum absolute atomic E-state index is 12.4. The lowest BCUT2D eigenvalue weighted by Crippen LogP contribution is -2.38. The highest BCUT2D eigenvalue weighted by Crippen LogP contribution is 2.25. The minimum atomic E-state index is 0.0719. The van der Waals surface area contributed by atoms with Crippen LogP contribution < -0.4 is 0 Å². The van der Waals surface area contributed by atoms with Crippen molar-refractivity contribution in [2.24, 2.45) is 0 Å². The Morgan fingerprint density at radius 2 is 2.09 bits per heavy atom. The molecule has 1 amide bonds. The van der Waals surface area contributed by atoms with Crippen molar-refractivity contribution >= 4 is 12.0 Å². The molecule has 2 heterocycles. The zero-order chi connectivity index (χ0) is 15.2. The third-order valence-corrected chi connectivity index (χ3v) is 3.97. The smallest absolute Gasteiger partial charge is 0.246 e. The molecule has 0 unspecified atom stereocenters. The Kier molecular flexibility index (Phi) is 4.59. The van der Waals surface area contributed by atoms with E-state index in [0.717, 1.165) is 37.2 Å². The van der Waals surface area contributed by atoms with E-state index in [1.165, 1.54) is 0 Å². The SMILES string of the molecule is O=C(/C=C/c1ccccc1)N1CCC[C@@H](c2ccncn2)C1. The summed E-state index contributed by atoms with van der Waals surface area (Å²) in [6.07, 6.45) is 8.96. The first-order valence-electron chi connectivity index (χ1n) is 7.61. The van der Waals surface area contributed by atoms with Crippen LogP contribution in [0.3, 0.4) is 0 Å². The average molecular weight is 293 g/mol. The second kappa shape index (κ2) is 6.98. The van der Waals surface area contributed by atoms with Crippen LogP contribution in [0.4, 0.5) is 0 Å². The van der Waals surface area contributed by atoms with E-state index in [1.54, 1.807) is 18.6 Å². The monoisotopic (exact) mass is 293 g/mol. The molecule has 1 aliphatic heterocycles. The van der Waals surface area contributed by atoms with Crippen LogP contribution in [0.2, 0.25) is 0 Å². The van der Waals surface area contributed by atoms with Crippen LogP contribution in [-0.2, 0) is 4.79 Å². The highest BCUT2D eigenvalue weighted by molar-refractivity contribution is 5.91. The van der Waals surface area contributed by atoms with Crippen molar-refractivity contribution in [3.63, 3.8) is 0 Å². The Morgan fingerprint density at radius 3 is 2.86 bits per heavy atom. The van der Waals surface area contributed by atoms with E-state index in [4.69, 9.17) is 0 Å². The van der Waals surface area contributed by atoms with Crippen LogP contribution in [0, 0.1) is 0 Å². The summed E-state index contributed by atoms with van der Waals surface area (Å²) in [7, 11) is 0. The third-order valence-electron chi connectivity index (χ3n) is 3.97. The van der Waals surface area contributed by atoms with Crippen molar-refractivity contribution in [1.82, 2.24) is 14.9 Å². The predicted molar refractivity (Wildman–Crippen MR) is 86.1 cm³/mol. The van der Waals surface area contributed by atoms with Gasteiger partial charge in [-0.3, -0.25) is 4.79 Å². The zero-order valence-electron chi connectivity index (χ0n) is 12.4. The van der Waals surface area contributed by atoms with Crippen molar-refractivity contribution < 1.29 is 4.79 Å². The number of piperidine rings is 1. The van der Waals surface area contributed by atoms with Gasteiger partial charge in [-0.1, -0.05) is 30.3 Å². The number of likely N-dealkylation sites (tertiary alicyclic amines) is 1. The Hall–Kier alpha value is -2.49. The van der Waals surface area contributed by atoms with Gasteiger partial charge in [0.15, 0.2) is 0 Å². The lowest BCUT2D eigenvalue weighted by molar-refractivity contribution is -0.127. The molecule has 2 aromatic rings. The first-order chi connectivity index (χ1) is 10.8. The lowest BCUT2D eigenvalue weighted by atomic mass is 9.94. The summed E-state index contributed by atoms with van der Waals surface area (Å²) < 4.78 is 0. The molecule has 1 fully saturated rings. The molecule has 0 saturated carbocycles. The molecule has 1 aliphatic rings. The molecule has 4 heteroatoms. The van der Waals surface area contributed by atoms with Crippen molar-refractivity contribution in [3.8, 4) is 0 Å². The molecule has 112 valence electrons. The van der Waals surface area contributed by atoms with E-state index in [-0.39, 0.29) is 5.91 Å². The molecule has 1 saturated heterocycles. The lowest BCUT2D eigenvalue weighted by Gasteiger charge is -2.31. The minimum absolute atomic E-state index is 0.0719. The summed E-state index contributed by atoms with van der Waals surface area (Å²) in [6, 6.07) is 11.8. The molecular formula is C18H19N3O. The van der Waals surface area contributed by atoms with Gasteiger partial charge in [-0.25, -0.2) is 9.97 Å². The third kappa shape index (κ3) is 3.58. The fraction of sp³-hybridized carbons (Fsp3) is 0.278. The molecule has 0 spiro atoms. The molecule has 3 rings (SSSR count). The number of hydrogen-bond donors (Lipinski definition) is 0. The molecule has 1 aromatic carbocycles. The van der Waals surface area contributed by atoms with Crippen LogP contribution in [-0.4, -0.2) is 33.9 Å². The van der Waals surface area contributed by atoms with Crippen molar-refractivity contribution in [3.05, 3.63) is 66.3 Å². The molecular weight excluding hydrogens is 274 g/mol. The summed E-state index contributed by atoms with van der Waals surface area (Å²) in [5.41, 5.74) is 2.07. The van der Waals surface area contributed by atoms with E-state index in [1.807, 2.05) is 47.4 Å². The fourth-order valence-electron chi connectivity index (χ4n) is 2.80. The topological polar surface area (TPSA) is 46.1 Å². The highest BCUT2D eigenvalue weighted by atomic mass is 16.2. The van der Waals surface area contributed by atoms with E-state index >= 15 is 0 Å². The first kappa shape index (κ1) is 14.4. The number of nitrogens with zero attached hydrogens (tertiary/aromatic N) is 3. The standard InChI is InChI=1S/C18H19N3O/c22-18(9-8-15-5-2-1-3-6-15)21-12-4-7-16(13-21)17-10-11-19-14-20-17/h1-3,5-6,8-11,14,16H,4,7,12-13H2/b9-8+/t16-/m1/s1. The molecule has 0 radical (unpaired) electrons. The predicted octanol–water partition coefficient (Wildman–Crippen LogP) is 2.90. The van der Waals surface area contributed by atoms with Crippen molar-refractivity contribution in [1.29, 1.82) is 0 Å². The largest absolute Gasteiger partial charge is 0.338 e. The van der Waals surface area contributed by atoms with Crippen molar-refractivity contribution in [2.45, 2.75) is 18.8 Å². The number of carbonyl (C=O) groups is 1. The number of carbonyl (C=O) groups excluding carboxylic acids is 1. The van der Waals surface area contributed by atoms with Gasteiger partial charge in [0.1, 0.15) is 6.33 Å². The van der Waals surface area contributed by atoms with Crippen molar-refractivity contribution in [2.75, 3.05) is 13.1 Å². The number of benzene rings is 1. The zero-order valence-corrected chi connectivity index (χ0v) is 12.4. The summed E-state index contributed by atoms with van der Waals surface area (Å²) in [5, 5.41) is 0. The molecule has 0 aliphatic carbocycles. The minimum Gasteiger partial charge on any atom is -0.338 e. The number of aromatic nitrogens is 2. The Bertz CT molecular complexity index is 640. The Morgan fingerprint density at radius 1 is 1.23 bits per heavy atom. The Labute approximate surface area is 130 Å². The number of amides is 1. The average Bonchev–Trinajstić information content (AvgIpc) is 2.61. The summed E-state index contributed by atoms with van der Waals surface area (Å²) in [6.45, 7) is 1.55. The summed E-state index contributed by atoms with van der Waals surface area (Å²) in [4.78, 5) is 22.5. The molecule has 0 bridgehead atoms. The second-order valence-electron chi connectivity index (χ2n) is 5.50. The Balaban J connectivity index is 1.64. The molecule has 22 heavy (non-hydrogen) atoms. The normalized spacial score (nSPS) is 18.5. The van der Waals surface area contributed by atoms with Crippen LogP contribution in [0.5, 0.6) is 0 Å². The van der Waals surface area contributed by atoms with Gasteiger partial charge in [0.05, 0.1) is 0 Å². The number of rotatable bonds is 3. The first-order valence-corrected chi connectivity index (χ1v) is 7.61. The highest BCUT2D eigenvalue weighted by Gasteiger charge is 2.24. The maximum atomic E-state index is 12.4. The van der Waals surface area contributed by atoms with E-state index in [0.29, 0.717) is 5.92 Å². The maximum Gasteiger partial charge on any atom is 0.246 e. The van der Waals surface area contributed by atoms with Gasteiger partial charge in [-0.2, -0.15) is 0 Å². The van der Waals surface area contributed by atoms with E-state index < -0.39 is 0 Å². The van der Waals surface area contributed by atoms with Crippen LogP contribution in [0.1, 0.15) is 30.0 Å². The molecule has 0 N–H and O–H groups in total. The van der Waals surface area contributed by atoms with Gasteiger partial charge in [0.25, 0.3) is 0 Å².